The Kier molecular flexibility index (Phi) is 4.01. The Balaban J connectivity index is 1.53. The third kappa shape index (κ3) is 3.42. The molecular formula is C19H19N5O. The van der Waals surface area contributed by atoms with E-state index in [1.807, 2.05) is 31.2 Å². The molecule has 3 aromatic heterocycles. The molecule has 0 saturated heterocycles. The minimum absolute atomic E-state index is 0.0555. The molecule has 1 fully saturated rings. The van der Waals surface area contributed by atoms with Crippen molar-refractivity contribution in [1.82, 2.24) is 25.5 Å². The van der Waals surface area contributed by atoms with Gasteiger partial charge in [0.05, 0.1) is 17.4 Å². The quantitative estimate of drug-likeness (QED) is 0.751. The average molecular weight is 333 g/mol. The van der Waals surface area contributed by atoms with Crippen molar-refractivity contribution in [3.63, 3.8) is 0 Å². The Bertz CT molecular complexity index is 886. The van der Waals surface area contributed by atoms with E-state index in [1.165, 1.54) is 0 Å². The summed E-state index contributed by atoms with van der Waals surface area (Å²) in [5.41, 5.74) is 4.16. The van der Waals surface area contributed by atoms with Gasteiger partial charge in [0.2, 0.25) is 0 Å². The Morgan fingerprint density at radius 1 is 1.20 bits per heavy atom. The first kappa shape index (κ1) is 15.5. The SMILES string of the molecule is Cc1ccnc(C(NC(=O)c2cc(-c3ccncc3)n[nH]2)C2CC2)c1. The average Bonchev–Trinajstić information content (AvgIpc) is 3.35. The number of nitrogens with zero attached hydrogens (tertiary/aromatic N) is 3. The van der Waals surface area contributed by atoms with Gasteiger partial charge in [-0.25, -0.2) is 0 Å². The van der Waals surface area contributed by atoms with Crippen molar-refractivity contribution in [2.75, 3.05) is 0 Å². The Morgan fingerprint density at radius 3 is 2.72 bits per heavy atom. The van der Waals surface area contributed by atoms with E-state index in [-0.39, 0.29) is 11.9 Å². The van der Waals surface area contributed by atoms with Gasteiger partial charge in [0.15, 0.2) is 0 Å². The summed E-state index contributed by atoms with van der Waals surface area (Å²) in [7, 11) is 0. The predicted molar refractivity (Wildman–Crippen MR) is 93.7 cm³/mol. The van der Waals surface area contributed by atoms with Gasteiger partial charge < -0.3 is 5.32 Å². The van der Waals surface area contributed by atoms with Crippen LogP contribution in [0.25, 0.3) is 11.3 Å². The summed E-state index contributed by atoms with van der Waals surface area (Å²) in [4.78, 5) is 21.1. The number of aryl methyl sites for hydroxylation is 1. The first-order valence-corrected chi connectivity index (χ1v) is 8.40. The van der Waals surface area contributed by atoms with Gasteiger partial charge in [-0.15, -0.1) is 0 Å². The van der Waals surface area contributed by atoms with Crippen LogP contribution < -0.4 is 5.32 Å². The monoisotopic (exact) mass is 333 g/mol. The normalized spacial score (nSPS) is 14.9. The maximum atomic E-state index is 12.7. The zero-order valence-corrected chi connectivity index (χ0v) is 13.9. The molecule has 3 aromatic rings. The van der Waals surface area contributed by atoms with E-state index in [4.69, 9.17) is 0 Å². The lowest BCUT2D eigenvalue weighted by molar-refractivity contribution is 0.0925. The fourth-order valence-corrected chi connectivity index (χ4v) is 2.92. The number of nitrogens with one attached hydrogen (secondary N) is 2. The van der Waals surface area contributed by atoms with Crippen molar-refractivity contribution in [3.8, 4) is 11.3 Å². The number of aromatic amines is 1. The number of H-pyrrole nitrogens is 1. The number of rotatable bonds is 5. The molecule has 0 spiro atoms. The zero-order chi connectivity index (χ0) is 17.2. The van der Waals surface area contributed by atoms with Gasteiger partial charge in [0, 0.05) is 24.2 Å². The number of amides is 1. The largest absolute Gasteiger partial charge is 0.342 e. The molecule has 1 saturated carbocycles. The molecule has 2 N–H and O–H groups in total. The smallest absolute Gasteiger partial charge is 0.269 e. The number of hydrogen-bond donors (Lipinski definition) is 2. The van der Waals surface area contributed by atoms with Gasteiger partial charge in [-0.05, 0) is 61.6 Å². The van der Waals surface area contributed by atoms with Gasteiger partial charge in [-0.1, -0.05) is 0 Å². The van der Waals surface area contributed by atoms with E-state index in [1.54, 1.807) is 24.7 Å². The number of carbonyl (C=O) groups excluding carboxylic acids is 1. The third-order valence-electron chi connectivity index (χ3n) is 4.43. The van der Waals surface area contributed by atoms with Crippen LogP contribution in [0.3, 0.4) is 0 Å². The van der Waals surface area contributed by atoms with Crippen LogP contribution in [0.1, 0.15) is 40.6 Å². The molecule has 0 radical (unpaired) electrons. The lowest BCUT2D eigenvalue weighted by Crippen LogP contribution is -2.30. The Labute approximate surface area is 145 Å². The summed E-state index contributed by atoms with van der Waals surface area (Å²) in [6.45, 7) is 2.03. The molecule has 0 aliphatic heterocycles. The number of aromatic nitrogens is 4. The molecule has 1 amide bonds. The summed E-state index contributed by atoms with van der Waals surface area (Å²) in [5.74, 6) is 0.300. The summed E-state index contributed by atoms with van der Waals surface area (Å²) in [5, 5.41) is 10.2. The van der Waals surface area contributed by atoms with E-state index >= 15 is 0 Å². The molecule has 1 aliphatic rings. The Morgan fingerprint density at radius 2 is 2.00 bits per heavy atom. The van der Waals surface area contributed by atoms with Gasteiger partial charge >= 0.3 is 0 Å². The minimum atomic E-state index is -0.159. The highest BCUT2D eigenvalue weighted by Crippen LogP contribution is 2.40. The van der Waals surface area contributed by atoms with Crippen molar-refractivity contribution in [3.05, 3.63) is 65.9 Å². The van der Waals surface area contributed by atoms with Crippen molar-refractivity contribution < 1.29 is 4.79 Å². The zero-order valence-electron chi connectivity index (χ0n) is 13.9. The lowest BCUT2D eigenvalue weighted by atomic mass is 10.1. The van der Waals surface area contributed by atoms with Crippen molar-refractivity contribution >= 4 is 5.91 Å². The van der Waals surface area contributed by atoms with Crippen LogP contribution in [-0.2, 0) is 0 Å². The summed E-state index contributed by atoms with van der Waals surface area (Å²) < 4.78 is 0. The fraction of sp³-hybridized carbons (Fsp3) is 0.263. The molecule has 4 rings (SSSR count). The number of hydrogen-bond acceptors (Lipinski definition) is 4. The van der Waals surface area contributed by atoms with Crippen LogP contribution in [0.15, 0.2) is 48.9 Å². The van der Waals surface area contributed by atoms with E-state index in [2.05, 4.69) is 25.5 Å². The first-order valence-electron chi connectivity index (χ1n) is 8.40. The van der Waals surface area contributed by atoms with E-state index in [0.717, 1.165) is 35.4 Å². The lowest BCUT2D eigenvalue weighted by Gasteiger charge is -2.17. The van der Waals surface area contributed by atoms with E-state index in [0.29, 0.717) is 11.6 Å². The van der Waals surface area contributed by atoms with Gasteiger partial charge in [0.1, 0.15) is 5.69 Å². The molecule has 25 heavy (non-hydrogen) atoms. The molecule has 0 aromatic carbocycles. The number of carbonyl (C=O) groups is 1. The second-order valence-electron chi connectivity index (χ2n) is 6.45. The topological polar surface area (TPSA) is 83.6 Å². The second kappa shape index (κ2) is 6.47. The molecule has 0 bridgehead atoms. The Hall–Kier alpha value is -3.02. The van der Waals surface area contributed by atoms with Gasteiger partial charge in [-0.2, -0.15) is 5.10 Å². The summed E-state index contributed by atoms with van der Waals surface area (Å²) >= 11 is 0. The van der Waals surface area contributed by atoms with Crippen LogP contribution in [-0.4, -0.2) is 26.1 Å². The highest BCUT2D eigenvalue weighted by Gasteiger charge is 2.34. The predicted octanol–water partition coefficient (Wildman–Crippen LogP) is 3.06. The third-order valence-corrected chi connectivity index (χ3v) is 4.43. The van der Waals surface area contributed by atoms with Crippen LogP contribution in [0.2, 0.25) is 0 Å². The van der Waals surface area contributed by atoms with Crippen molar-refractivity contribution in [1.29, 1.82) is 0 Å². The van der Waals surface area contributed by atoms with Crippen LogP contribution >= 0.6 is 0 Å². The van der Waals surface area contributed by atoms with Gasteiger partial charge in [-0.3, -0.25) is 19.9 Å². The highest BCUT2D eigenvalue weighted by atomic mass is 16.2. The molecule has 6 nitrogen and oxygen atoms in total. The minimum Gasteiger partial charge on any atom is -0.342 e. The number of pyridine rings is 2. The molecule has 6 heteroatoms. The maximum Gasteiger partial charge on any atom is 0.269 e. The van der Waals surface area contributed by atoms with Crippen LogP contribution in [0.4, 0.5) is 0 Å². The molecule has 1 aliphatic carbocycles. The highest BCUT2D eigenvalue weighted by molar-refractivity contribution is 5.93. The fourth-order valence-electron chi connectivity index (χ4n) is 2.92. The molecular weight excluding hydrogens is 314 g/mol. The summed E-state index contributed by atoms with van der Waals surface area (Å²) in [6.07, 6.45) is 7.44. The van der Waals surface area contributed by atoms with Crippen molar-refractivity contribution in [2.45, 2.75) is 25.8 Å². The van der Waals surface area contributed by atoms with Crippen LogP contribution in [0.5, 0.6) is 0 Å². The second-order valence-corrected chi connectivity index (χ2v) is 6.45. The van der Waals surface area contributed by atoms with Crippen molar-refractivity contribution in [2.24, 2.45) is 5.92 Å². The molecule has 3 heterocycles. The van der Waals surface area contributed by atoms with Crippen LogP contribution in [0, 0.1) is 12.8 Å². The van der Waals surface area contributed by atoms with E-state index in [9.17, 15) is 4.79 Å². The van der Waals surface area contributed by atoms with E-state index < -0.39 is 0 Å². The molecule has 1 atom stereocenters. The summed E-state index contributed by atoms with van der Waals surface area (Å²) in [6, 6.07) is 9.44. The maximum absolute atomic E-state index is 12.7. The molecule has 126 valence electrons. The standard InChI is InChI=1S/C19H19N5O/c1-12-4-9-21-16(10-12)18(14-2-3-14)22-19(25)17-11-15(23-24-17)13-5-7-20-8-6-13/h4-11,14,18H,2-3H2,1H3,(H,22,25)(H,23,24). The first-order chi connectivity index (χ1) is 12.2. The molecule has 1 unspecified atom stereocenters. The van der Waals surface area contributed by atoms with Gasteiger partial charge in [0.25, 0.3) is 5.91 Å².